The number of nitrogens with one attached hydrogen (secondary N) is 1. The van der Waals surface area contributed by atoms with E-state index in [1.165, 1.54) is 24.3 Å². The van der Waals surface area contributed by atoms with Gasteiger partial charge in [-0.3, -0.25) is 4.79 Å². The van der Waals surface area contributed by atoms with Crippen LogP contribution in [0.2, 0.25) is 0 Å². The van der Waals surface area contributed by atoms with Crippen molar-refractivity contribution >= 4 is 22.2 Å². The van der Waals surface area contributed by atoms with E-state index in [9.17, 15) is 35.2 Å². The Kier molecular flexibility index (Phi) is 6.77. The molecule has 0 radical (unpaired) electrons. The van der Waals surface area contributed by atoms with Crippen molar-refractivity contribution in [1.82, 2.24) is 5.43 Å². The highest BCUT2D eigenvalue weighted by atomic mass is 32.2. The smallest absolute Gasteiger partial charge is 0.378 e. The van der Waals surface area contributed by atoms with Gasteiger partial charge in [0.2, 0.25) is 0 Å². The summed E-state index contributed by atoms with van der Waals surface area (Å²) in [4.78, 5) is 11.4. The van der Waals surface area contributed by atoms with Crippen LogP contribution in [0.5, 0.6) is 5.75 Å². The minimum absolute atomic E-state index is 0.0438. The number of hydrogen-bond acceptors (Lipinski definition) is 5. The van der Waals surface area contributed by atoms with Crippen molar-refractivity contribution in [2.75, 3.05) is 0 Å². The molecule has 1 amide bonds. The summed E-state index contributed by atoms with van der Waals surface area (Å²) in [5.74, 6) is -3.65. The Hall–Kier alpha value is -3.80. The largest absolute Gasteiger partial charge is 0.416 e. The molecule has 0 atom stereocenters. The van der Waals surface area contributed by atoms with Gasteiger partial charge in [0, 0.05) is 5.56 Å². The van der Waals surface area contributed by atoms with Crippen LogP contribution in [0.15, 0.2) is 76.7 Å². The second-order valence-corrected chi connectivity index (χ2v) is 7.94. The highest BCUT2D eigenvalue weighted by Crippen LogP contribution is 2.30. The summed E-state index contributed by atoms with van der Waals surface area (Å²) >= 11 is 0. The summed E-state index contributed by atoms with van der Waals surface area (Å²) < 4.78 is 95.2. The molecule has 172 valence electrons. The van der Waals surface area contributed by atoms with E-state index in [2.05, 4.69) is 5.10 Å². The molecule has 1 N–H and O–H groups in total. The number of carbonyl (C=O) groups is 1. The Morgan fingerprint density at radius 2 is 1.52 bits per heavy atom. The second kappa shape index (κ2) is 9.36. The molecule has 12 heteroatoms. The Balaban J connectivity index is 1.78. The van der Waals surface area contributed by atoms with Gasteiger partial charge in [-0.25, -0.2) is 14.2 Å². The SMILES string of the molecule is O=C(NN=Cc1ccccc1OS(=O)(=O)c1ccc(C(F)(F)F)cc1)c1c(F)cccc1F. The van der Waals surface area contributed by atoms with Crippen LogP contribution in [0.1, 0.15) is 21.5 Å². The lowest BCUT2D eigenvalue weighted by molar-refractivity contribution is -0.137. The first kappa shape index (κ1) is 23.9. The summed E-state index contributed by atoms with van der Waals surface area (Å²) in [6, 6.07) is 11.0. The van der Waals surface area contributed by atoms with E-state index >= 15 is 0 Å². The van der Waals surface area contributed by atoms with Gasteiger partial charge in [-0.1, -0.05) is 18.2 Å². The topological polar surface area (TPSA) is 84.8 Å². The van der Waals surface area contributed by atoms with Gasteiger partial charge >= 0.3 is 16.3 Å². The lowest BCUT2D eigenvalue weighted by Gasteiger charge is -2.11. The van der Waals surface area contributed by atoms with Crippen molar-refractivity contribution in [3.8, 4) is 5.75 Å². The molecular formula is C21H13F5N2O4S. The number of rotatable bonds is 6. The number of hydrogen-bond donors (Lipinski definition) is 1. The van der Waals surface area contributed by atoms with Crippen molar-refractivity contribution < 1.29 is 39.3 Å². The summed E-state index contributed by atoms with van der Waals surface area (Å²) in [6.45, 7) is 0. The minimum Gasteiger partial charge on any atom is -0.378 e. The fraction of sp³-hybridized carbons (Fsp3) is 0.0476. The van der Waals surface area contributed by atoms with E-state index in [-0.39, 0.29) is 11.3 Å². The van der Waals surface area contributed by atoms with E-state index < -0.39 is 49.9 Å². The van der Waals surface area contributed by atoms with Crippen LogP contribution in [-0.2, 0) is 16.3 Å². The zero-order valence-electron chi connectivity index (χ0n) is 16.3. The molecule has 3 rings (SSSR count). The quantitative estimate of drug-likeness (QED) is 0.241. The second-order valence-electron chi connectivity index (χ2n) is 6.39. The van der Waals surface area contributed by atoms with E-state index in [0.29, 0.717) is 12.1 Å². The Morgan fingerprint density at radius 3 is 2.12 bits per heavy atom. The third-order valence-corrected chi connectivity index (χ3v) is 5.40. The summed E-state index contributed by atoms with van der Waals surface area (Å²) in [5, 5.41) is 3.54. The maximum absolute atomic E-state index is 13.7. The molecule has 0 aliphatic heterocycles. The highest BCUT2D eigenvalue weighted by molar-refractivity contribution is 7.87. The summed E-state index contributed by atoms with van der Waals surface area (Å²) in [5.41, 5.74) is 0.0651. The number of benzene rings is 3. The zero-order chi connectivity index (χ0) is 24.2. The molecule has 0 spiro atoms. The number of alkyl halides is 3. The lowest BCUT2D eigenvalue weighted by atomic mass is 10.2. The molecule has 3 aromatic carbocycles. The first-order valence-corrected chi connectivity index (χ1v) is 10.4. The Labute approximate surface area is 184 Å². The third kappa shape index (κ3) is 5.71. The van der Waals surface area contributed by atoms with Crippen molar-refractivity contribution in [3.05, 3.63) is 95.1 Å². The molecule has 0 aromatic heterocycles. The first-order chi connectivity index (χ1) is 15.5. The molecule has 6 nitrogen and oxygen atoms in total. The maximum atomic E-state index is 13.7. The molecule has 0 aliphatic carbocycles. The Bertz CT molecular complexity index is 1290. The van der Waals surface area contributed by atoms with Crippen LogP contribution in [0, 0.1) is 11.6 Å². The average molecular weight is 484 g/mol. The van der Waals surface area contributed by atoms with E-state index in [1.807, 2.05) is 5.43 Å². The fourth-order valence-electron chi connectivity index (χ4n) is 2.57. The van der Waals surface area contributed by atoms with Crippen molar-refractivity contribution in [1.29, 1.82) is 0 Å². The van der Waals surface area contributed by atoms with Gasteiger partial charge in [-0.15, -0.1) is 0 Å². The standard InChI is InChI=1S/C21H13F5N2O4S/c22-16-5-3-6-17(23)19(16)20(29)28-27-12-13-4-1-2-7-18(13)32-33(30,31)15-10-8-14(9-11-15)21(24,25)26/h1-12H,(H,28,29). The van der Waals surface area contributed by atoms with Gasteiger partial charge < -0.3 is 4.18 Å². The third-order valence-electron chi connectivity index (χ3n) is 4.15. The molecule has 0 saturated heterocycles. The minimum atomic E-state index is -4.64. The molecule has 3 aromatic rings. The lowest BCUT2D eigenvalue weighted by Crippen LogP contribution is -2.20. The fourth-order valence-corrected chi connectivity index (χ4v) is 3.52. The zero-order valence-corrected chi connectivity index (χ0v) is 17.1. The number of amides is 1. The molecule has 0 fully saturated rings. The van der Waals surface area contributed by atoms with Gasteiger partial charge in [0.1, 0.15) is 22.1 Å². The van der Waals surface area contributed by atoms with Crippen LogP contribution in [0.4, 0.5) is 22.0 Å². The van der Waals surface area contributed by atoms with Crippen LogP contribution in [-0.4, -0.2) is 20.5 Å². The number of carbonyl (C=O) groups excluding carboxylic acids is 1. The predicted octanol–water partition coefficient (Wildman–Crippen LogP) is 4.52. The molecule has 0 unspecified atom stereocenters. The molecule has 33 heavy (non-hydrogen) atoms. The normalized spacial score (nSPS) is 12.0. The number of hydrazone groups is 1. The van der Waals surface area contributed by atoms with Crippen molar-refractivity contribution in [2.45, 2.75) is 11.1 Å². The average Bonchev–Trinajstić information content (AvgIpc) is 2.74. The number of nitrogens with zero attached hydrogens (tertiary/aromatic N) is 1. The molecule has 0 saturated carbocycles. The predicted molar refractivity (Wildman–Crippen MR) is 107 cm³/mol. The van der Waals surface area contributed by atoms with Crippen molar-refractivity contribution in [3.63, 3.8) is 0 Å². The Morgan fingerprint density at radius 1 is 0.909 bits per heavy atom. The summed E-state index contributed by atoms with van der Waals surface area (Å²) in [7, 11) is -4.51. The van der Waals surface area contributed by atoms with Gasteiger partial charge in [0.15, 0.2) is 5.75 Å². The first-order valence-electron chi connectivity index (χ1n) is 8.97. The van der Waals surface area contributed by atoms with Crippen molar-refractivity contribution in [2.24, 2.45) is 5.10 Å². The van der Waals surface area contributed by atoms with Crippen LogP contribution in [0.3, 0.4) is 0 Å². The van der Waals surface area contributed by atoms with E-state index in [1.54, 1.807) is 0 Å². The van der Waals surface area contributed by atoms with Crippen LogP contribution < -0.4 is 9.61 Å². The molecule has 0 bridgehead atoms. The van der Waals surface area contributed by atoms with Crippen LogP contribution in [0.25, 0.3) is 0 Å². The maximum Gasteiger partial charge on any atom is 0.416 e. The van der Waals surface area contributed by atoms with Crippen LogP contribution >= 0.6 is 0 Å². The summed E-state index contributed by atoms with van der Waals surface area (Å²) in [6.07, 6.45) is -3.67. The number of para-hydroxylation sites is 1. The van der Waals surface area contributed by atoms with Gasteiger partial charge in [-0.2, -0.15) is 26.7 Å². The molecular weight excluding hydrogens is 471 g/mol. The van der Waals surface area contributed by atoms with E-state index in [4.69, 9.17) is 4.18 Å². The monoisotopic (exact) mass is 484 g/mol. The highest BCUT2D eigenvalue weighted by Gasteiger charge is 2.31. The number of halogens is 5. The molecule has 0 heterocycles. The van der Waals surface area contributed by atoms with E-state index in [0.717, 1.165) is 36.5 Å². The molecule has 0 aliphatic rings. The van der Waals surface area contributed by atoms with Gasteiger partial charge in [-0.05, 0) is 48.5 Å². The van der Waals surface area contributed by atoms with Gasteiger partial charge in [0.05, 0.1) is 11.8 Å². The van der Waals surface area contributed by atoms with Gasteiger partial charge in [0.25, 0.3) is 5.91 Å².